The standard InChI is InChI=1S/C23H27N3O3S/c1-3-12-29-20-6-4-18(5-7-20)22(28)25-10-8-23(9-11-25)13-21(27)26(16-23)14-19-15-30-17(2)24-19/h3-7,15H,1,8-14,16H2,2H3. The molecule has 0 N–H and O–H groups in total. The molecule has 0 aliphatic carbocycles. The molecule has 1 aromatic carbocycles. The first-order valence-corrected chi connectivity index (χ1v) is 11.2. The van der Waals surface area contributed by atoms with Gasteiger partial charge in [0.15, 0.2) is 0 Å². The molecule has 6 nitrogen and oxygen atoms in total. The topological polar surface area (TPSA) is 62.7 Å². The van der Waals surface area contributed by atoms with Crippen LogP contribution in [0.2, 0.25) is 0 Å². The van der Waals surface area contributed by atoms with E-state index in [4.69, 9.17) is 4.74 Å². The summed E-state index contributed by atoms with van der Waals surface area (Å²) in [5, 5.41) is 3.06. The SMILES string of the molecule is C=CCOc1ccc(C(=O)N2CCC3(CC2)CC(=O)N(Cc2csc(C)n2)C3)cc1. The second kappa shape index (κ2) is 8.60. The highest BCUT2D eigenvalue weighted by Crippen LogP contribution is 2.41. The molecule has 2 amide bonds. The van der Waals surface area contributed by atoms with E-state index < -0.39 is 0 Å². The zero-order valence-corrected chi connectivity index (χ0v) is 18.1. The normalized spacial score (nSPS) is 18.1. The van der Waals surface area contributed by atoms with Gasteiger partial charge in [-0.1, -0.05) is 12.7 Å². The van der Waals surface area contributed by atoms with E-state index in [0.29, 0.717) is 38.2 Å². The molecule has 1 spiro atoms. The first kappa shape index (κ1) is 20.6. The van der Waals surface area contributed by atoms with Crippen LogP contribution in [0.15, 0.2) is 42.3 Å². The molecule has 158 valence electrons. The third-order valence-corrected chi connectivity index (χ3v) is 6.83. The second-order valence-electron chi connectivity index (χ2n) is 8.20. The third kappa shape index (κ3) is 4.41. The smallest absolute Gasteiger partial charge is 0.253 e. The van der Waals surface area contributed by atoms with Crippen LogP contribution in [0.1, 0.15) is 40.3 Å². The van der Waals surface area contributed by atoms with Gasteiger partial charge in [-0.15, -0.1) is 11.3 Å². The number of ether oxygens (including phenoxy) is 1. The molecule has 3 heterocycles. The van der Waals surface area contributed by atoms with Crippen LogP contribution in [-0.4, -0.2) is 52.8 Å². The van der Waals surface area contributed by atoms with Gasteiger partial charge in [0, 0.05) is 42.4 Å². The molecule has 0 saturated carbocycles. The molecule has 0 radical (unpaired) electrons. The van der Waals surface area contributed by atoms with Gasteiger partial charge in [-0.25, -0.2) is 4.98 Å². The van der Waals surface area contributed by atoms with Gasteiger partial charge in [0.05, 0.1) is 17.2 Å². The fourth-order valence-corrected chi connectivity index (χ4v) is 4.96. The number of benzene rings is 1. The van der Waals surface area contributed by atoms with Gasteiger partial charge in [0.1, 0.15) is 12.4 Å². The van der Waals surface area contributed by atoms with Crippen LogP contribution in [0.4, 0.5) is 0 Å². The number of rotatable bonds is 6. The summed E-state index contributed by atoms with van der Waals surface area (Å²) >= 11 is 1.62. The minimum Gasteiger partial charge on any atom is -0.490 e. The van der Waals surface area contributed by atoms with Gasteiger partial charge < -0.3 is 14.5 Å². The molecular formula is C23H27N3O3S. The van der Waals surface area contributed by atoms with Crippen molar-refractivity contribution >= 4 is 23.2 Å². The number of nitrogens with zero attached hydrogens (tertiary/aromatic N) is 3. The first-order chi connectivity index (χ1) is 14.5. The van der Waals surface area contributed by atoms with Gasteiger partial charge in [0.2, 0.25) is 5.91 Å². The molecule has 2 aromatic rings. The highest BCUT2D eigenvalue weighted by atomic mass is 32.1. The molecule has 2 aliphatic heterocycles. The van der Waals surface area contributed by atoms with Gasteiger partial charge in [0.25, 0.3) is 5.91 Å². The largest absolute Gasteiger partial charge is 0.490 e. The van der Waals surface area contributed by atoms with Gasteiger partial charge in [-0.2, -0.15) is 0 Å². The van der Waals surface area contributed by atoms with Crippen molar-refractivity contribution < 1.29 is 14.3 Å². The average molecular weight is 426 g/mol. The molecule has 1 aromatic heterocycles. The minimum atomic E-state index is -0.0126. The Bertz CT molecular complexity index is 929. The van der Waals surface area contributed by atoms with Crippen molar-refractivity contribution in [1.82, 2.24) is 14.8 Å². The summed E-state index contributed by atoms with van der Waals surface area (Å²) in [7, 11) is 0. The highest BCUT2D eigenvalue weighted by molar-refractivity contribution is 7.09. The summed E-state index contributed by atoms with van der Waals surface area (Å²) in [6, 6.07) is 7.25. The third-order valence-electron chi connectivity index (χ3n) is 6.01. The summed E-state index contributed by atoms with van der Waals surface area (Å²) in [6.07, 6.45) is 3.98. The van der Waals surface area contributed by atoms with Gasteiger partial charge >= 0.3 is 0 Å². The highest BCUT2D eigenvalue weighted by Gasteiger charge is 2.45. The van der Waals surface area contributed by atoms with E-state index in [1.165, 1.54) is 0 Å². The Hall–Kier alpha value is -2.67. The summed E-state index contributed by atoms with van der Waals surface area (Å²) in [6.45, 7) is 8.78. The summed E-state index contributed by atoms with van der Waals surface area (Å²) in [5.74, 6) is 0.971. The zero-order chi connectivity index (χ0) is 21.1. The number of aryl methyl sites for hydroxylation is 1. The van der Waals surface area contributed by atoms with Crippen molar-refractivity contribution in [3.8, 4) is 5.75 Å². The lowest BCUT2D eigenvalue weighted by Gasteiger charge is -2.38. The molecular weight excluding hydrogens is 398 g/mol. The molecule has 0 atom stereocenters. The van der Waals surface area contributed by atoms with Crippen molar-refractivity contribution in [2.24, 2.45) is 5.41 Å². The Labute approximate surface area is 181 Å². The zero-order valence-electron chi connectivity index (χ0n) is 17.3. The summed E-state index contributed by atoms with van der Waals surface area (Å²) in [4.78, 5) is 33.8. The number of carbonyl (C=O) groups excluding carboxylic acids is 2. The number of likely N-dealkylation sites (tertiary alicyclic amines) is 2. The lowest BCUT2D eigenvalue weighted by atomic mass is 9.77. The maximum Gasteiger partial charge on any atom is 0.253 e. The number of aromatic nitrogens is 1. The lowest BCUT2D eigenvalue weighted by Crippen LogP contribution is -2.44. The van der Waals surface area contributed by atoms with Crippen LogP contribution in [-0.2, 0) is 11.3 Å². The Morgan fingerprint density at radius 2 is 2.03 bits per heavy atom. The molecule has 30 heavy (non-hydrogen) atoms. The Kier molecular flexibility index (Phi) is 5.90. The molecule has 4 rings (SSSR count). The van der Waals surface area contributed by atoms with Crippen LogP contribution in [0.5, 0.6) is 5.75 Å². The second-order valence-corrected chi connectivity index (χ2v) is 9.26. The van der Waals surface area contributed by atoms with E-state index in [9.17, 15) is 9.59 Å². The van der Waals surface area contributed by atoms with E-state index >= 15 is 0 Å². The Morgan fingerprint density at radius 1 is 1.30 bits per heavy atom. The van der Waals surface area contributed by atoms with E-state index in [-0.39, 0.29) is 17.2 Å². The first-order valence-electron chi connectivity index (χ1n) is 10.3. The molecule has 2 saturated heterocycles. The van der Waals surface area contributed by atoms with E-state index in [2.05, 4.69) is 11.6 Å². The molecule has 2 aliphatic rings. The van der Waals surface area contributed by atoms with Crippen molar-refractivity contribution in [2.45, 2.75) is 32.7 Å². The van der Waals surface area contributed by atoms with E-state index in [1.54, 1.807) is 17.4 Å². The Morgan fingerprint density at radius 3 is 2.67 bits per heavy atom. The number of hydrogen-bond acceptors (Lipinski definition) is 5. The number of piperidine rings is 1. The summed E-state index contributed by atoms with van der Waals surface area (Å²) < 4.78 is 5.48. The van der Waals surface area contributed by atoms with Crippen LogP contribution < -0.4 is 4.74 Å². The minimum absolute atomic E-state index is 0.0126. The van der Waals surface area contributed by atoms with E-state index in [1.807, 2.05) is 46.4 Å². The molecule has 0 unspecified atom stereocenters. The Balaban J connectivity index is 1.33. The lowest BCUT2D eigenvalue weighted by molar-refractivity contribution is -0.128. The molecule has 2 fully saturated rings. The van der Waals surface area contributed by atoms with Crippen molar-refractivity contribution in [2.75, 3.05) is 26.2 Å². The maximum atomic E-state index is 12.9. The quantitative estimate of drug-likeness (QED) is 0.663. The van der Waals surface area contributed by atoms with Gasteiger partial charge in [-0.05, 0) is 44.0 Å². The van der Waals surface area contributed by atoms with Crippen LogP contribution in [0.3, 0.4) is 0 Å². The number of thiazole rings is 1. The number of amides is 2. The maximum absolute atomic E-state index is 12.9. The number of carbonyl (C=O) groups is 2. The predicted molar refractivity (Wildman–Crippen MR) is 117 cm³/mol. The van der Waals surface area contributed by atoms with Crippen LogP contribution in [0.25, 0.3) is 0 Å². The van der Waals surface area contributed by atoms with Gasteiger partial charge in [-0.3, -0.25) is 9.59 Å². The van der Waals surface area contributed by atoms with E-state index in [0.717, 1.165) is 35.8 Å². The van der Waals surface area contributed by atoms with Crippen molar-refractivity contribution in [3.63, 3.8) is 0 Å². The fourth-order valence-electron chi connectivity index (χ4n) is 4.35. The van der Waals surface area contributed by atoms with Crippen LogP contribution in [0, 0.1) is 12.3 Å². The van der Waals surface area contributed by atoms with Crippen molar-refractivity contribution in [1.29, 1.82) is 0 Å². The molecule has 0 bridgehead atoms. The van der Waals surface area contributed by atoms with Crippen LogP contribution >= 0.6 is 11.3 Å². The molecule has 7 heteroatoms. The monoisotopic (exact) mass is 425 g/mol. The predicted octanol–water partition coefficient (Wildman–Crippen LogP) is 3.67. The van der Waals surface area contributed by atoms with Crippen molar-refractivity contribution in [3.05, 3.63) is 58.6 Å². The number of hydrogen-bond donors (Lipinski definition) is 0. The average Bonchev–Trinajstić information content (AvgIpc) is 3.29. The summed E-state index contributed by atoms with van der Waals surface area (Å²) in [5.41, 5.74) is 1.62. The fraction of sp³-hybridized carbons (Fsp3) is 0.435.